The molecule has 0 bridgehead atoms. The lowest BCUT2D eigenvalue weighted by molar-refractivity contribution is -0.143. The van der Waals surface area contributed by atoms with E-state index < -0.39 is 17.8 Å². The predicted molar refractivity (Wildman–Crippen MR) is 63.2 cm³/mol. The normalized spacial score (nSPS) is 11.4. The average molecular weight is 252 g/mol. The molecular formula is C11H13FN4O2. The summed E-state index contributed by atoms with van der Waals surface area (Å²) in [7, 11) is 1.25. The number of azide groups is 1. The van der Waals surface area contributed by atoms with Crippen molar-refractivity contribution < 1.29 is 13.9 Å². The zero-order chi connectivity index (χ0) is 13.4. The van der Waals surface area contributed by atoms with E-state index in [-0.39, 0.29) is 6.54 Å². The maximum absolute atomic E-state index is 13.1. The summed E-state index contributed by atoms with van der Waals surface area (Å²) in [5.41, 5.74) is 8.59. The summed E-state index contributed by atoms with van der Waals surface area (Å²) in [5.74, 6) is -0.959. The smallest absolute Gasteiger partial charge is 0.327 e. The third-order valence-electron chi connectivity index (χ3n) is 2.24. The van der Waals surface area contributed by atoms with Crippen molar-refractivity contribution in [3.63, 3.8) is 0 Å². The third-order valence-corrected chi connectivity index (χ3v) is 2.24. The lowest BCUT2D eigenvalue weighted by Gasteiger charge is -2.16. The van der Waals surface area contributed by atoms with Crippen molar-refractivity contribution in [1.29, 1.82) is 0 Å². The van der Waals surface area contributed by atoms with Gasteiger partial charge in [0.05, 0.1) is 7.11 Å². The molecule has 0 radical (unpaired) electrons. The van der Waals surface area contributed by atoms with E-state index in [0.29, 0.717) is 12.1 Å². The molecule has 1 unspecified atom stereocenters. The lowest BCUT2D eigenvalue weighted by atomic mass is 10.1. The number of carbonyl (C=O) groups excluding carboxylic acids is 1. The van der Waals surface area contributed by atoms with Gasteiger partial charge in [-0.15, -0.1) is 0 Å². The van der Waals surface area contributed by atoms with E-state index in [1.165, 1.54) is 25.3 Å². The van der Waals surface area contributed by atoms with Gasteiger partial charge in [-0.1, -0.05) is 17.2 Å². The molecule has 1 aromatic carbocycles. The Balaban J connectivity index is 2.78. The Morgan fingerprint density at radius 3 is 3.06 bits per heavy atom. The van der Waals surface area contributed by atoms with E-state index in [0.717, 1.165) is 0 Å². The van der Waals surface area contributed by atoms with Gasteiger partial charge in [0.25, 0.3) is 0 Å². The Morgan fingerprint density at radius 1 is 1.67 bits per heavy atom. The number of hydrogen-bond donors (Lipinski definition) is 1. The van der Waals surface area contributed by atoms with Gasteiger partial charge in [0.1, 0.15) is 11.9 Å². The predicted octanol–water partition coefficient (Wildman–Crippen LogP) is 1.94. The zero-order valence-corrected chi connectivity index (χ0v) is 9.84. The second-order valence-electron chi connectivity index (χ2n) is 3.42. The number of rotatable bonds is 6. The number of esters is 1. The number of methoxy groups -OCH3 is 1. The fraction of sp³-hybridized carbons (Fsp3) is 0.364. The van der Waals surface area contributed by atoms with Gasteiger partial charge in [-0.25, -0.2) is 9.18 Å². The van der Waals surface area contributed by atoms with Crippen LogP contribution in [-0.2, 0) is 9.53 Å². The monoisotopic (exact) mass is 252 g/mol. The van der Waals surface area contributed by atoms with E-state index in [9.17, 15) is 9.18 Å². The molecule has 0 aliphatic carbocycles. The van der Waals surface area contributed by atoms with Gasteiger partial charge in [0, 0.05) is 18.0 Å². The Labute approximate surface area is 103 Å². The highest BCUT2D eigenvalue weighted by Gasteiger charge is 2.20. The van der Waals surface area contributed by atoms with Gasteiger partial charge < -0.3 is 10.1 Å². The summed E-state index contributed by atoms with van der Waals surface area (Å²) in [6.07, 6.45) is 0. The molecule has 0 aliphatic heterocycles. The molecule has 1 aromatic rings. The molecule has 1 rings (SSSR count). The summed E-state index contributed by atoms with van der Waals surface area (Å²) in [6, 6.07) is 4.89. The Kier molecular flexibility index (Phi) is 5.63. The minimum Gasteiger partial charge on any atom is -0.468 e. The number of hydrogen-bond acceptors (Lipinski definition) is 4. The van der Waals surface area contributed by atoms with Crippen LogP contribution in [0, 0.1) is 5.82 Å². The molecule has 0 fully saturated rings. The van der Waals surface area contributed by atoms with E-state index in [1.54, 1.807) is 6.07 Å². The van der Waals surface area contributed by atoms with Crippen LogP contribution in [0.3, 0.4) is 0 Å². The summed E-state index contributed by atoms with van der Waals surface area (Å²) in [4.78, 5) is 14.2. The maximum Gasteiger partial charge on any atom is 0.327 e. The van der Waals surface area contributed by atoms with E-state index >= 15 is 0 Å². The molecule has 18 heavy (non-hydrogen) atoms. The van der Waals surface area contributed by atoms with E-state index in [2.05, 4.69) is 20.1 Å². The fourth-order valence-corrected chi connectivity index (χ4v) is 1.44. The summed E-state index contributed by atoms with van der Waals surface area (Å²) in [6.45, 7) is 0.486. The Bertz CT molecular complexity index is 460. The highest BCUT2D eigenvalue weighted by atomic mass is 19.1. The molecule has 1 atom stereocenters. The van der Waals surface area contributed by atoms with Crippen molar-refractivity contribution in [2.75, 3.05) is 20.2 Å². The number of nitrogens with zero attached hydrogens (tertiary/aromatic N) is 3. The Hall–Kier alpha value is -2.11. The number of halogens is 1. The molecule has 0 amide bonds. The molecule has 6 nitrogen and oxygen atoms in total. The van der Waals surface area contributed by atoms with Crippen molar-refractivity contribution in [3.05, 3.63) is 46.1 Å². The van der Waals surface area contributed by atoms with Crippen LogP contribution in [0.4, 0.5) is 4.39 Å². The van der Waals surface area contributed by atoms with Crippen LogP contribution in [-0.4, -0.2) is 26.2 Å². The minimum absolute atomic E-state index is 0.194. The number of ether oxygens (including phenoxy) is 1. The standard InChI is InChI=1S/C11H13FN4O2/c1-18-11(17)10(14-5-6-15-16-13)8-3-2-4-9(12)7-8/h2-4,7,10,14H,5-6H2,1H3. The first-order valence-corrected chi connectivity index (χ1v) is 5.26. The van der Waals surface area contributed by atoms with Crippen molar-refractivity contribution in [3.8, 4) is 0 Å². The highest BCUT2D eigenvalue weighted by Crippen LogP contribution is 2.15. The van der Waals surface area contributed by atoms with Gasteiger partial charge in [-0.05, 0) is 23.2 Å². The minimum atomic E-state index is -0.778. The number of benzene rings is 1. The van der Waals surface area contributed by atoms with Gasteiger partial charge in [0.15, 0.2) is 0 Å². The van der Waals surface area contributed by atoms with Crippen LogP contribution in [0.15, 0.2) is 29.4 Å². The van der Waals surface area contributed by atoms with Crippen molar-refractivity contribution in [1.82, 2.24) is 5.32 Å². The molecule has 1 N–H and O–H groups in total. The first-order valence-electron chi connectivity index (χ1n) is 5.26. The molecule has 0 heterocycles. The van der Waals surface area contributed by atoms with Crippen LogP contribution in [0.5, 0.6) is 0 Å². The van der Waals surface area contributed by atoms with Crippen LogP contribution in [0.2, 0.25) is 0 Å². The van der Waals surface area contributed by atoms with Gasteiger partial charge in [-0.2, -0.15) is 0 Å². The zero-order valence-electron chi connectivity index (χ0n) is 9.84. The third kappa shape index (κ3) is 4.04. The van der Waals surface area contributed by atoms with Crippen molar-refractivity contribution in [2.24, 2.45) is 5.11 Å². The fourth-order valence-electron chi connectivity index (χ4n) is 1.44. The highest BCUT2D eigenvalue weighted by molar-refractivity contribution is 5.77. The van der Waals surface area contributed by atoms with Crippen LogP contribution in [0.25, 0.3) is 10.4 Å². The van der Waals surface area contributed by atoms with E-state index in [1.807, 2.05) is 0 Å². The molecule has 0 saturated carbocycles. The molecule has 0 aromatic heterocycles. The van der Waals surface area contributed by atoms with Crippen molar-refractivity contribution >= 4 is 5.97 Å². The summed E-state index contributed by atoms with van der Waals surface area (Å²) in [5, 5.41) is 6.17. The van der Waals surface area contributed by atoms with E-state index in [4.69, 9.17) is 5.53 Å². The van der Waals surface area contributed by atoms with Crippen LogP contribution < -0.4 is 5.32 Å². The van der Waals surface area contributed by atoms with Crippen LogP contribution in [0.1, 0.15) is 11.6 Å². The molecule has 0 saturated heterocycles. The molecule has 7 heteroatoms. The Morgan fingerprint density at radius 2 is 2.44 bits per heavy atom. The average Bonchev–Trinajstić information content (AvgIpc) is 2.38. The van der Waals surface area contributed by atoms with Gasteiger partial charge >= 0.3 is 5.97 Å². The molecule has 0 aliphatic rings. The van der Waals surface area contributed by atoms with Gasteiger partial charge in [0.2, 0.25) is 0 Å². The quantitative estimate of drug-likeness (QED) is 0.276. The lowest BCUT2D eigenvalue weighted by Crippen LogP contribution is -2.31. The first-order chi connectivity index (χ1) is 8.69. The number of nitrogens with one attached hydrogen (secondary N) is 1. The van der Waals surface area contributed by atoms with Crippen LogP contribution >= 0.6 is 0 Å². The first kappa shape index (κ1) is 14.0. The summed E-state index contributed by atoms with van der Waals surface area (Å²) < 4.78 is 17.7. The van der Waals surface area contributed by atoms with Crippen molar-refractivity contribution in [2.45, 2.75) is 6.04 Å². The topological polar surface area (TPSA) is 87.1 Å². The largest absolute Gasteiger partial charge is 0.468 e. The molecule has 96 valence electrons. The SMILES string of the molecule is COC(=O)C(NCCN=[N+]=[N-])c1cccc(F)c1. The number of carbonyl (C=O) groups is 1. The molecular weight excluding hydrogens is 239 g/mol. The maximum atomic E-state index is 13.1. The summed E-state index contributed by atoms with van der Waals surface area (Å²) >= 11 is 0. The second kappa shape index (κ2) is 7.26. The molecule has 0 spiro atoms. The second-order valence-corrected chi connectivity index (χ2v) is 3.42. The van der Waals surface area contributed by atoms with Gasteiger partial charge in [-0.3, -0.25) is 0 Å².